The molecule has 0 amide bonds. The Bertz CT molecular complexity index is 633. The van der Waals surface area contributed by atoms with Gasteiger partial charge in [-0.1, -0.05) is 46.8 Å². The van der Waals surface area contributed by atoms with Gasteiger partial charge in [-0.25, -0.2) is 4.68 Å². The van der Waals surface area contributed by atoms with Crippen LogP contribution in [0.1, 0.15) is 51.6 Å². The molecule has 0 aliphatic carbocycles. The minimum absolute atomic E-state index is 0.176. The Kier molecular flexibility index (Phi) is 4.13. The molecule has 0 aliphatic rings. The van der Waals surface area contributed by atoms with Crippen LogP contribution in [0.25, 0.3) is 5.69 Å². The van der Waals surface area contributed by atoms with E-state index < -0.39 is 0 Å². The molecule has 1 aromatic carbocycles. The Hall–Kier alpha value is -1.77. The zero-order valence-corrected chi connectivity index (χ0v) is 13.9. The predicted octanol–water partition coefficient (Wildman–Crippen LogP) is 4.38. The van der Waals surface area contributed by atoms with Gasteiger partial charge in [-0.3, -0.25) is 0 Å². The van der Waals surface area contributed by atoms with Gasteiger partial charge in [-0.2, -0.15) is 5.10 Å². The van der Waals surface area contributed by atoms with Crippen molar-refractivity contribution in [1.29, 1.82) is 0 Å². The number of rotatable bonds is 3. The molecule has 3 heteroatoms. The average molecular weight is 286 g/mol. The van der Waals surface area contributed by atoms with E-state index in [1.165, 1.54) is 5.56 Å². The second kappa shape index (κ2) is 5.55. The summed E-state index contributed by atoms with van der Waals surface area (Å²) in [6.45, 7) is 12.6. The van der Waals surface area contributed by atoms with E-state index >= 15 is 0 Å². The van der Waals surface area contributed by atoms with Crippen molar-refractivity contribution < 1.29 is 5.11 Å². The van der Waals surface area contributed by atoms with Crippen LogP contribution in [0.3, 0.4) is 0 Å². The average Bonchev–Trinajstić information content (AvgIpc) is 2.66. The van der Waals surface area contributed by atoms with Gasteiger partial charge in [0.05, 0.1) is 11.4 Å². The summed E-state index contributed by atoms with van der Waals surface area (Å²) in [7, 11) is 0. The van der Waals surface area contributed by atoms with Crippen molar-refractivity contribution in [3.8, 4) is 11.4 Å². The van der Waals surface area contributed by atoms with E-state index in [0.717, 1.165) is 23.5 Å². The first-order chi connectivity index (χ1) is 9.70. The molecule has 21 heavy (non-hydrogen) atoms. The Balaban J connectivity index is 2.63. The van der Waals surface area contributed by atoms with Gasteiger partial charge in [0.1, 0.15) is 5.69 Å². The van der Waals surface area contributed by atoms with Crippen LogP contribution in [-0.2, 0) is 11.8 Å². The monoisotopic (exact) mass is 286 g/mol. The minimum Gasteiger partial charge on any atom is -0.504 e. The lowest BCUT2D eigenvalue weighted by Crippen LogP contribution is -2.13. The fourth-order valence-electron chi connectivity index (χ4n) is 2.49. The van der Waals surface area contributed by atoms with Crippen molar-refractivity contribution in [2.75, 3.05) is 0 Å². The van der Waals surface area contributed by atoms with Crippen molar-refractivity contribution in [2.45, 2.75) is 53.4 Å². The largest absolute Gasteiger partial charge is 0.504 e. The van der Waals surface area contributed by atoms with Crippen LogP contribution in [0.5, 0.6) is 5.75 Å². The van der Waals surface area contributed by atoms with Gasteiger partial charge in [-0.05, 0) is 37.0 Å². The SMILES string of the molecule is Cc1cccc(-n2nc(C(C)(C)C)c(O)c2CC(C)C)c1. The third kappa shape index (κ3) is 3.29. The Labute approximate surface area is 127 Å². The molecule has 1 aromatic heterocycles. The Morgan fingerprint density at radius 2 is 1.90 bits per heavy atom. The lowest BCUT2D eigenvalue weighted by molar-refractivity contribution is 0.435. The normalized spacial score (nSPS) is 12.1. The van der Waals surface area contributed by atoms with Crippen molar-refractivity contribution in [3.63, 3.8) is 0 Å². The molecule has 0 bridgehead atoms. The summed E-state index contributed by atoms with van der Waals surface area (Å²) < 4.78 is 1.91. The molecule has 0 saturated heterocycles. The summed E-state index contributed by atoms with van der Waals surface area (Å²) >= 11 is 0. The molecule has 1 heterocycles. The summed E-state index contributed by atoms with van der Waals surface area (Å²) in [6.07, 6.45) is 0.808. The highest BCUT2D eigenvalue weighted by molar-refractivity contribution is 5.44. The molecule has 1 N–H and O–H groups in total. The molecule has 0 saturated carbocycles. The number of aromatic nitrogens is 2. The number of nitrogens with zero attached hydrogens (tertiary/aromatic N) is 2. The van der Waals surface area contributed by atoms with Crippen molar-refractivity contribution in [1.82, 2.24) is 9.78 Å². The Morgan fingerprint density at radius 1 is 1.24 bits per heavy atom. The molecule has 0 radical (unpaired) electrons. The summed E-state index contributed by atoms with van der Waals surface area (Å²) in [6, 6.07) is 8.23. The van der Waals surface area contributed by atoms with E-state index in [0.29, 0.717) is 11.7 Å². The van der Waals surface area contributed by atoms with Crippen LogP contribution in [0.2, 0.25) is 0 Å². The fraction of sp³-hybridized carbons (Fsp3) is 0.500. The number of hydrogen-bond acceptors (Lipinski definition) is 2. The highest BCUT2D eigenvalue weighted by atomic mass is 16.3. The number of aryl methyl sites for hydroxylation is 1. The topological polar surface area (TPSA) is 38.0 Å². The van der Waals surface area contributed by atoms with Crippen molar-refractivity contribution in [2.24, 2.45) is 5.92 Å². The van der Waals surface area contributed by atoms with E-state index in [2.05, 4.69) is 53.7 Å². The molecule has 0 atom stereocenters. The van der Waals surface area contributed by atoms with Crippen LogP contribution in [0.15, 0.2) is 24.3 Å². The maximum atomic E-state index is 10.6. The van der Waals surface area contributed by atoms with Crippen LogP contribution in [0.4, 0.5) is 0 Å². The van der Waals surface area contributed by atoms with E-state index in [4.69, 9.17) is 5.10 Å². The molecular formula is C18H26N2O. The van der Waals surface area contributed by atoms with Gasteiger partial charge >= 0.3 is 0 Å². The van der Waals surface area contributed by atoms with Gasteiger partial charge in [0.15, 0.2) is 5.75 Å². The van der Waals surface area contributed by atoms with Gasteiger partial charge in [-0.15, -0.1) is 0 Å². The number of hydrogen-bond donors (Lipinski definition) is 1. The van der Waals surface area contributed by atoms with Crippen LogP contribution >= 0.6 is 0 Å². The maximum Gasteiger partial charge on any atom is 0.161 e. The summed E-state index contributed by atoms with van der Waals surface area (Å²) in [5.41, 5.74) is 3.69. The molecule has 0 fully saturated rings. The van der Waals surface area contributed by atoms with Gasteiger partial charge in [0.2, 0.25) is 0 Å². The summed E-state index contributed by atoms with van der Waals surface area (Å²) in [5.74, 6) is 0.807. The molecule has 3 nitrogen and oxygen atoms in total. The molecule has 2 aromatic rings. The lowest BCUT2D eigenvalue weighted by atomic mass is 9.91. The molecule has 114 valence electrons. The molecule has 0 spiro atoms. The first-order valence-electron chi connectivity index (χ1n) is 7.58. The van der Waals surface area contributed by atoms with Gasteiger partial charge in [0.25, 0.3) is 0 Å². The number of aromatic hydroxyl groups is 1. The van der Waals surface area contributed by atoms with Gasteiger partial charge < -0.3 is 5.11 Å². The maximum absolute atomic E-state index is 10.6. The predicted molar refractivity (Wildman–Crippen MR) is 87.2 cm³/mol. The molecular weight excluding hydrogens is 260 g/mol. The third-order valence-corrected chi connectivity index (χ3v) is 3.51. The minimum atomic E-state index is -0.176. The van der Waals surface area contributed by atoms with Crippen molar-refractivity contribution in [3.05, 3.63) is 41.2 Å². The first kappa shape index (κ1) is 15.6. The third-order valence-electron chi connectivity index (χ3n) is 3.51. The zero-order valence-electron chi connectivity index (χ0n) is 13.9. The quantitative estimate of drug-likeness (QED) is 0.909. The zero-order chi connectivity index (χ0) is 15.8. The van der Waals surface area contributed by atoms with E-state index in [-0.39, 0.29) is 5.41 Å². The first-order valence-corrected chi connectivity index (χ1v) is 7.58. The highest BCUT2D eigenvalue weighted by Crippen LogP contribution is 2.35. The summed E-state index contributed by atoms with van der Waals surface area (Å²) in [5, 5.41) is 15.4. The van der Waals surface area contributed by atoms with Crippen LogP contribution in [-0.4, -0.2) is 14.9 Å². The second-order valence-electron chi connectivity index (χ2n) is 7.24. The summed E-state index contributed by atoms with van der Waals surface area (Å²) in [4.78, 5) is 0. The Morgan fingerprint density at radius 3 is 2.43 bits per heavy atom. The van der Waals surface area contributed by atoms with Crippen LogP contribution in [0, 0.1) is 12.8 Å². The fourth-order valence-corrected chi connectivity index (χ4v) is 2.49. The standard InChI is InChI=1S/C18H26N2O/c1-12(2)10-15-16(21)17(18(4,5)6)19-20(15)14-9-7-8-13(3)11-14/h7-9,11-12,21H,10H2,1-6H3. The van der Waals surface area contributed by atoms with E-state index in [1.54, 1.807) is 0 Å². The molecule has 2 rings (SSSR count). The molecule has 0 aliphatic heterocycles. The van der Waals surface area contributed by atoms with Crippen LogP contribution < -0.4 is 0 Å². The number of benzene rings is 1. The smallest absolute Gasteiger partial charge is 0.161 e. The van der Waals surface area contributed by atoms with Gasteiger partial charge in [0, 0.05) is 5.41 Å². The van der Waals surface area contributed by atoms with Crippen molar-refractivity contribution >= 4 is 0 Å². The highest BCUT2D eigenvalue weighted by Gasteiger charge is 2.27. The van der Waals surface area contributed by atoms with E-state index in [9.17, 15) is 5.11 Å². The molecule has 0 unspecified atom stereocenters. The lowest BCUT2D eigenvalue weighted by Gasteiger charge is -2.15. The second-order valence-corrected chi connectivity index (χ2v) is 7.24. The van der Waals surface area contributed by atoms with E-state index in [1.807, 2.05) is 16.8 Å².